The molecule has 2 fully saturated rings. The van der Waals surface area contributed by atoms with Crippen molar-refractivity contribution in [1.82, 2.24) is 10.2 Å². The van der Waals surface area contributed by atoms with Crippen molar-refractivity contribution in [2.24, 2.45) is 0 Å². The maximum Gasteiger partial charge on any atom is 0.319 e. The van der Waals surface area contributed by atoms with E-state index in [0.29, 0.717) is 48.8 Å². The van der Waals surface area contributed by atoms with Crippen LogP contribution in [0, 0.1) is 0 Å². The van der Waals surface area contributed by atoms with E-state index in [-0.39, 0.29) is 24.8 Å². The predicted molar refractivity (Wildman–Crippen MR) is 230 cm³/mol. The first-order valence-electron chi connectivity index (χ1n) is 20.1. The molecule has 0 bridgehead atoms. The molecule has 2 amide bonds. The Morgan fingerprint density at radius 3 is 2.15 bits per heavy atom. The molecule has 0 aromatic heterocycles. The Morgan fingerprint density at radius 1 is 0.746 bits per heavy atom. The van der Waals surface area contributed by atoms with Crippen molar-refractivity contribution in [3.05, 3.63) is 184 Å². The lowest BCUT2D eigenvalue weighted by Gasteiger charge is -2.42. The zero-order valence-corrected chi connectivity index (χ0v) is 33.4. The smallest absolute Gasteiger partial charge is 0.319 e. The number of nitrogens with zero attached hydrogens (tertiary/aromatic N) is 1. The molecule has 0 saturated carbocycles. The summed E-state index contributed by atoms with van der Waals surface area (Å²) < 4.78 is 19.2. The number of anilines is 1. The van der Waals surface area contributed by atoms with E-state index in [1.54, 1.807) is 12.1 Å². The maximum atomic E-state index is 12.8. The molecular weight excluding hydrogens is 762 g/mol. The van der Waals surface area contributed by atoms with E-state index in [4.69, 9.17) is 25.8 Å². The molecular formula is C49H48ClN3O6. The van der Waals surface area contributed by atoms with Crippen LogP contribution in [0.3, 0.4) is 0 Å². The van der Waals surface area contributed by atoms with Gasteiger partial charge in [0.25, 0.3) is 0 Å². The van der Waals surface area contributed by atoms with Crippen LogP contribution in [0.25, 0.3) is 11.1 Å². The molecule has 10 heteroatoms. The van der Waals surface area contributed by atoms with Crippen LogP contribution in [0.1, 0.15) is 59.5 Å². The number of hydrogen-bond donors (Lipinski definition) is 4. The van der Waals surface area contributed by atoms with Crippen LogP contribution in [0.2, 0.25) is 5.02 Å². The molecule has 8 rings (SSSR count). The summed E-state index contributed by atoms with van der Waals surface area (Å²) in [5.41, 5.74) is 6.52. The van der Waals surface area contributed by atoms with E-state index in [1.165, 1.54) is 0 Å². The molecule has 0 unspecified atom stereocenters. The van der Waals surface area contributed by atoms with Crippen LogP contribution in [0.15, 0.2) is 152 Å². The molecule has 0 aliphatic carbocycles. The molecule has 3 atom stereocenters. The maximum absolute atomic E-state index is 12.8. The fourth-order valence-corrected chi connectivity index (χ4v) is 7.88. The van der Waals surface area contributed by atoms with Gasteiger partial charge in [-0.15, -0.1) is 0 Å². The van der Waals surface area contributed by atoms with Crippen LogP contribution < -0.4 is 15.4 Å². The molecule has 6 aromatic rings. The standard InChI is InChI=1S/C49H48ClN3O6/c50-41-19-17-40(18-20-41)49(56)25-27-53(28-26-49)32-45-30-46(37-11-9-34(33-54)10-12-37)59-47(58-45)38-15-13-36(14-16-38)39-6-4-5-35(29-39)31-51-48(55)52-42-21-23-44(24-22-42)57-43-7-2-1-3-8-43/h1-24,29,45-47,54,56H,25-28,30-33H2,(H2,51,52,55)/t45-,46+,47+/m0/s1. The van der Waals surface area contributed by atoms with Crippen LogP contribution >= 0.6 is 11.6 Å². The number of carbonyl (C=O) groups excluding carboxylic acids is 1. The Balaban J connectivity index is 0.890. The summed E-state index contributed by atoms with van der Waals surface area (Å²) in [4.78, 5) is 15.1. The van der Waals surface area contributed by atoms with Gasteiger partial charge in [0.2, 0.25) is 0 Å². The number of rotatable bonds is 12. The van der Waals surface area contributed by atoms with E-state index >= 15 is 0 Å². The lowest BCUT2D eigenvalue weighted by atomic mass is 9.84. The Morgan fingerprint density at radius 2 is 1.44 bits per heavy atom. The van der Waals surface area contributed by atoms with Gasteiger partial charge in [-0.25, -0.2) is 4.79 Å². The van der Waals surface area contributed by atoms with Gasteiger partial charge in [0.15, 0.2) is 6.29 Å². The summed E-state index contributed by atoms with van der Waals surface area (Å²) in [6, 6.07) is 48.3. The number of halogens is 1. The minimum atomic E-state index is -0.878. The third-order valence-corrected chi connectivity index (χ3v) is 11.4. The third-order valence-electron chi connectivity index (χ3n) is 11.1. The summed E-state index contributed by atoms with van der Waals surface area (Å²) in [5, 5.41) is 27.6. The zero-order chi connectivity index (χ0) is 40.6. The molecule has 0 radical (unpaired) electrons. The number of urea groups is 1. The number of aliphatic hydroxyl groups is 2. The minimum Gasteiger partial charge on any atom is -0.457 e. The van der Waals surface area contributed by atoms with Gasteiger partial charge in [-0.3, -0.25) is 0 Å². The second-order valence-corrected chi connectivity index (χ2v) is 15.7. The molecule has 302 valence electrons. The summed E-state index contributed by atoms with van der Waals surface area (Å²) in [7, 11) is 0. The topological polar surface area (TPSA) is 113 Å². The Hall–Kier alpha value is -5.52. The molecule has 6 aromatic carbocycles. The first-order valence-corrected chi connectivity index (χ1v) is 20.4. The highest BCUT2D eigenvalue weighted by Crippen LogP contribution is 2.40. The van der Waals surface area contributed by atoms with Crippen molar-refractivity contribution in [3.8, 4) is 22.6 Å². The second-order valence-electron chi connectivity index (χ2n) is 15.3. The number of hydrogen-bond acceptors (Lipinski definition) is 7. The first kappa shape index (κ1) is 40.3. The first-order chi connectivity index (χ1) is 28.8. The molecule has 2 heterocycles. The Kier molecular flexibility index (Phi) is 12.7. The summed E-state index contributed by atoms with van der Waals surface area (Å²) in [6.45, 7) is 2.55. The Bertz CT molecular complexity index is 2280. The highest BCUT2D eigenvalue weighted by Gasteiger charge is 2.37. The van der Waals surface area contributed by atoms with Gasteiger partial charge in [-0.2, -0.15) is 0 Å². The Labute approximate surface area is 350 Å². The van der Waals surface area contributed by atoms with E-state index in [0.717, 1.165) is 57.8 Å². The number of carbonyl (C=O) groups is 1. The van der Waals surface area contributed by atoms with Crippen molar-refractivity contribution in [3.63, 3.8) is 0 Å². The second kappa shape index (κ2) is 18.6. The number of ether oxygens (including phenoxy) is 3. The predicted octanol–water partition coefficient (Wildman–Crippen LogP) is 10.1. The number of amides is 2. The minimum absolute atomic E-state index is 0.0137. The molecule has 0 spiro atoms. The van der Waals surface area contributed by atoms with Crippen molar-refractivity contribution < 1.29 is 29.2 Å². The van der Waals surface area contributed by atoms with Crippen molar-refractivity contribution >= 4 is 23.3 Å². The van der Waals surface area contributed by atoms with Gasteiger partial charge in [-0.05, 0) is 101 Å². The van der Waals surface area contributed by atoms with E-state index in [9.17, 15) is 15.0 Å². The number of piperidine rings is 1. The van der Waals surface area contributed by atoms with Gasteiger partial charge in [0, 0.05) is 48.9 Å². The van der Waals surface area contributed by atoms with Crippen LogP contribution in [0.4, 0.5) is 10.5 Å². The number of para-hydroxylation sites is 1. The van der Waals surface area contributed by atoms with Crippen LogP contribution in [-0.4, -0.2) is 46.9 Å². The summed E-state index contributed by atoms with van der Waals surface area (Å²) >= 11 is 6.11. The quantitative estimate of drug-likeness (QED) is 0.0974. The van der Waals surface area contributed by atoms with E-state index in [1.807, 2.05) is 103 Å². The fourth-order valence-electron chi connectivity index (χ4n) is 7.76. The fraction of sp³-hybridized carbons (Fsp3) is 0.245. The van der Waals surface area contributed by atoms with Crippen molar-refractivity contribution in [1.29, 1.82) is 0 Å². The van der Waals surface area contributed by atoms with Crippen molar-refractivity contribution in [2.45, 2.75) is 56.5 Å². The average molecular weight is 810 g/mol. The van der Waals surface area contributed by atoms with Crippen molar-refractivity contribution in [2.75, 3.05) is 25.0 Å². The third kappa shape index (κ3) is 10.4. The number of aliphatic hydroxyl groups excluding tert-OH is 1. The lowest BCUT2D eigenvalue weighted by Crippen LogP contribution is -2.46. The van der Waals surface area contributed by atoms with Gasteiger partial charge in [0.1, 0.15) is 11.5 Å². The van der Waals surface area contributed by atoms with E-state index < -0.39 is 11.9 Å². The molecule has 9 nitrogen and oxygen atoms in total. The highest BCUT2D eigenvalue weighted by molar-refractivity contribution is 6.30. The average Bonchev–Trinajstić information content (AvgIpc) is 3.28. The van der Waals surface area contributed by atoms with Gasteiger partial charge in [-0.1, -0.05) is 109 Å². The monoisotopic (exact) mass is 809 g/mol. The number of likely N-dealkylation sites (tertiary alicyclic amines) is 1. The molecule has 4 N–H and O–H groups in total. The van der Waals surface area contributed by atoms with E-state index in [2.05, 4.69) is 51.9 Å². The normalized spacial score (nSPS) is 19.1. The summed E-state index contributed by atoms with van der Waals surface area (Å²) in [6.07, 6.45) is 1.05. The highest BCUT2D eigenvalue weighted by atomic mass is 35.5. The zero-order valence-electron chi connectivity index (χ0n) is 32.7. The van der Waals surface area contributed by atoms with Gasteiger partial charge in [0.05, 0.1) is 24.4 Å². The molecule has 2 saturated heterocycles. The lowest BCUT2D eigenvalue weighted by molar-refractivity contribution is -0.253. The number of nitrogens with one attached hydrogen (secondary N) is 2. The van der Waals surface area contributed by atoms with Gasteiger partial charge >= 0.3 is 6.03 Å². The van der Waals surface area contributed by atoms with Crippen LogP contribution in [-0.2, 0) is 28.2 Å². The van der Waals surface area contributed by atoms with Gasteiger partial charge < -0.3 is 40.0 Å². The summed E-state index contributed by atoms with van der Waals surface area (Å²) in [5.74, 6) is 1.43. The largest absolute Gasteiger partial charge is 0.457 e. The van der Waals surface area contributed by atoms with Crippen LogP contribution in [0.5, 0.6) is 11.5 Å². The number of benzene rings is 6. The molecule has 2 aliphatic heterocycles. The molecule has 2 aliphatic rings. The SMILES string of the molecule is O=C(NCc1cccc(-c2ccc([C@@H]3O[C@H](CN4CCC(O)(c5ccc(Cl)cc5)CC4)C[C@H](c4ccc(CO)cc4)O3)cc2)c1)Nc1ccc(Oc2ccccc2)cc1. The molecule has 59 heavy (non-hydrogen) atoms.